The van der Waals surface area contributed by atoms with E-state index in [1.807, 2.05) is 31.7 Å². The number of carbonyl (C=O) groups is 1. The lowest BCUT2D eigenvalue weighted by molar-refractivity contribution is -0.133. The van der Waals surface area contributed by atoms with Crippen LogP contribution < -0.4 is 5.32 Å². The number of thiazole rings is 1. The second kappa shape index (κ2) is 6.78. The maximum atomic E-state index is 13.2. The number of aromatic nitrogens is 3. The second-order valence-corrected chi connectivity index (χ2v) is 8.69. The van der Waals surface area contributed by atoms with Crippen LogP contribution in [0.2, 0.25) is 0 Å². The molecule has 2 aliphatic rings. The van der Waals surface area contributed by atoms with E-state index in [1.165, 1.54) is 6.42 Å². The van der Waals surface area contributed by atoms with E-state index in [0.717, 1.165) is 42.3 Å². The number of hydrogen-bond donors (Lipinski definition) is 1. The second-order valence-electron chi connectivity index (χ2n) is 7.63. The lowest BCUT2D eigenvalue weighted by Crippen LogP contribution is -2.48. The number of fused-ring (bicyclic) bond motifs is 2. The van der Waals surface area contributed by atoms with E-state index >= 15 is 0 Å². The number of rotatable bonds is 6. The summed E-state index contributed by atoms with van der Waals surface area (Å²) in [6.45, 7) is 5.52. The first-order chi connectivity index (χ1) is 12.5. The van der Waals surface area contributed by atoms with Crippen molar-refractivity contribution in [2.45, 2.75) is 64.7 Å². The van der Waals surface area contributed by atoms with E-state index in [4.69, 9.17) is 0 Å². The van der Waals surface area contributed by atoms with Gasteiger partial charge in [0.05, 0.1) is 29.2 Å². The minimum absolute atomic E-state index is 0.197. The normalized spacial score (nSPS) is 28.0. The highest BCUT2D eigenvalue weighted by atomic mass is 32.1. The van der Waals surface area contributed by atoms with E-state index in [1.54, 1.807) is 11.3 Å². The SMILES string of the molecule is CC[C@@]1(C(=O)NCc2csc(C)n2)C[C@@H]2CC[C@H]1N2Cc1nccn1C. The summed E-state index contributed by atoms with van der Waals surface area (Å²) in [5.74, 6) is 1.27. The first-order valence-electron chi connectivity index (χ1n) is 9.44. The summed E-state index contributed by atoms with van der Waals surface area (Å²) >= 11 is 1.63. The Hall–Kier alpha value is -1.73. The maximum Gasteiger partial charge on any atom is 0.228 e. The van der Waals surface area contributed by atoms with Gasteiger partial charge in [0.15, 0.2) is 0 Å². The molecule has 0 aliphatic carbocycles. The molecule has 140 valence electrons. The van der Waals surface area contributed by atoms with Crippen molar-refractivity contribution < 1.29 is 4.79 Å². The summed E-state index contributed by atoms with van der Waals surface area (Å²) in [6, 6.07) is 0.801. The summed E-state index contributed by atoms with van der Waals surface area (Å²) in [5.41, 5.74) is 0.680. The van der Waals surface area contributed by atoms with Crippen molar-refractivity contribution in [3.8, 4) is 0 Å². The minimum Gasteiger partial charge on any atom is -0.350 e. The first kappa shape index (κ1) is 17.7. The summed E-state index contributed by atoms with van der Waals surface area (Å²) in [4.78, 5) is 24.7. The summed E-state index contributed by atoms with van der Waals surface area (Å²) in [6.07, 6.45) is 7.97. The van der Waals surface area contributed by atoms with E-state index in [2.05, 4.69) is 31.7 Å². The molecule has 0 unspecified atom stereocenters. The third-order valence-corrected chi connectivity index (χ3v) is 7.13. The van der Waals surface area contributed by atoms with Gasteiger partial charge in [-0.05, 0) is 32.6 Å². The summed E-state index contributed by atoms with van der Waals surface area (Å²) < 4.78 is 2.08. The van der Waals surface area contributed by atoms with Gasteiger partial charge in [0.2, 0.25) is 5.91 Å². The van der Waals surface area contributed by atoms with Crippen LogP contribution in [0.3, 0.4) is 0 Å². The van der Waals surface area contributed by atoms with Crippen LogP contribution in [0, 0.1) is 12.3 Å². The zero-order chi connectivity index (χ0) is 18.3. The molecular weight excluding hydrogens is 346 g/mol. The Balaban J connectivity index is 1.49. The Kier molecular flexibility index (Phi) is 4.61. The predicted molar refractivity (Wildman–Crippen MR) is 102 cm³/mol. The van der Waals surface area contributed by atoms with Crippen LogP contribution in [-0.4, -0.2) is 37.4 Å². The number of nitrogens with zero attached hydrogens (tertiary/aromatic N) is 4. The number of imidazole rings is 1. The number of carbonyl (C=O) groups excluding carboxylic acids is 1. The van der Waals surface area contributed by atoms with Gasteiger partial charge < -0.3 is 9.88 Å². The zero-order valence-electron chi connectivity index (χ0n) is 15.7. The molecule has 2 bridgehead atoms. The van der Waals surface area contributed by atoms with Crippen molar-refractivity contribution >= 4 is 17.2 Å². The lowest BCUT2D eigenvalue weighted by atomic mass is 9.71. The molecule has 1 amide bonds. The summed E-state index contributed by atoms with van der Waals surface area (Å²) in [7, 11) is 2.04. The number of hydrogen-bond acceptors (Lipinski definition) is 5. The molecule has 0 saturated carbocycles. The quantitative estimate of drug-likeness (QED) is 0.845. The van der Waals surface area contributed by atoms with Gasteiger partial charge >= 0.3 is 0 Å². The van der Waals surface area contributed by atoms with Gasteiger partial charge in [0.25, 0.3) is 0 Å². The van der Waals surface area contributed by atoms with Gasteiger partial charge in [-0.25, -0.2) is 9.97 Å². The smallest absolute Gasteiger partial charge is 0.228 e. The standard InChI is InChI=1S/C19H27N5OS/c1-4-19(18(25)21-10-14-12-26-13(2)22-14)9-15-5-6-16(19)24(15)11-17-20-7-8-23(17)3/h7-8,12,15-16H,4-6,9-11H2,1-3H3,(H,21,25)/t15-,16+,19+/m0/s1. The highest BCUT2D eigenvalue weighted by molar-refractivity contribution is 7.09. The lowest BCUT2D eigenvalue weighted by Gasteiger charge is -2.35. The average Bonchev–Trinajstić information content (AvgIpc) is 3.39. The van der Waals surface area contributed by atoms with Crippen LogP contribution in [-0.2, 0) is 24.9 Å². The molecule has 4 heterocycles. The van der Waals surface area contributed by atoms with Gasteiger partial charge in [-0.2, -0.15) is 0 Å². The highest BCUT2D eigenvalue weighted by Crippen LogP contribution is 2.52. The Morgan fingerprint density at radius 3 is 2.96 bits per heavy atom. The van der Waals surface area contributed by atoms with Crippen molar-refractivity contribution in [3.63, 3.8) is 0 Å². The van der Waals surface area contributed by atoms with Crippen LogP contribution in [0.5, 0.6) is 0 Å². The van der Waals surface area contributed by atoms with Gasteiger partial charge in [-0.3, -0.25) is 9.69 Å². The van der Waals surface area contributed by atoms with Gasteiger partial charge in [0, 0.05) is 36.9 Å². The molecule has 6 nitrogen and oxygen atoms in total. The van der Waals surface area contributed by atoms with E-state index in [-0.39, 0.29) is 11.3 Å². The molecule has 2 aromatic rings. The van der Waals surface area contributed by atoms with Crippen molar-refractivity contribution in [2.75, 3.05) is 0 Å². The predicted octanol–water partition coefficient (Wildman–Crippen LogP) is 2.63. The van der Waals surface area contributed by atoms with Crippen LogP contribution in [0.4, 0.5) is 0 Å². The molecule has 0 aromatic carbocycles. The van der Waals surface area contributed by atoms with Crippen molar-refractivity contribution in [1.82, 2.24) is 24.8 Å². The molecule has 1 N–H and O–H groups in total. The number of amides is 1. The molecule has 2 aliphatic heterocycles. The molecule has 0 spiro atoms. The van der Waals surface area contributed by atoms with Gasteiger partial charge in [0.1, 0.15) is 5.82 Å². The number of nitrogens with one attached hydrogen (secondary N) is 1. The van der Waals surface area contributed by atoms with Crippen molar-refractivity contribution in [1.29, 1.82) is 0 Å². The monoisotopic (exact) mass is 373 g/mol. The molecule has 2 saturated heterocycles. The molecule has 4 rings (SSSR count). The summed E-state index contributed by atoms with van der Waals surface area (Å²) in [5, 5.41) is 6.25. The van der Waals surface area contributed by atoms with Crippen molar-refractivity contribution in [3.05, 3.63) is 34.3 Å². The fourth-order valence-electron chi connectivity index (χ4n) is 4.88. The fourth-order valence-corrected chi connectivity index (χ4v) is 5.49. The van der Waals surface area contributed by atoms with Gasteiger partial charge in [-0.1, -0.05) is 6.92 Å². The zero-order valence-corrected chi connectivity index (χ0v) is 16.6. The third-order valence-electron chi connectivity index (χ3n) is 6.31. The molecule has 26 heavy (non-hydrogen) atoms. The topological polar surface area (TPSA) is 63.1 Å². The van der Waals surface area contributed by atoms with Crippen LogP contribution in [0.1, 0.15) is 49.1 Å². The Labute approximate surface area is 158 Å². The molecule has 2 aromatic heterocycles. The van der Waals surface area contributed by atoms with E-state index in [9.17, 15) is 4.79 Å². The molecule has 7 heteroatoms. The van der Waals surface area contributed by atoms with Crippen LogP contribution in [0.25, 0.3) is 0 Å². The van der Waals surface area contributed by atoms with E-state index < -0.39 is 0 Å². The van der Waals surface area contributed by atoms with E-state index in [0.29, 0.717) is 18.6 Å². The third kappa shape index (κ3) is 2.87. The molecule has 3 atom stereocenters. The minimum atomic E-state index is -0.279. The molecule has 2 fully saturated rings. The van der Waals surface area contributed by atoms with Gasteiger partial charge in [-0.15, -0.1) is 11.3 Å². The Bertz CT molecular complexity index is 799. The van der Waals surface area contributed by atoms with Crippen LogP contribution in [0.15, 0.2) is 17.8 Å². The Morgan fingerprint density at radius 1 is 1.46 bits per heavy atom. The largest absolute Gasteiger partial charge is 0.350 e. The number of aryl methyl sites for hydroxylation is 2. The maximum absolute atomic E-state index is 13.2. The fraction of sp³-hybridized carbons (Fsp3) is 0.632. The Morgan fingerprint density at radius 2 is 2.31 bits per heavy atom. The molecular formula is C19H27N5OS. The highest BCUT2D eigenvalue weighted by Gasteiger charge is 2.58. The van der Waals surface area contributed by atoms with Crippen LogP contribution >= 0.6 is 11.3 Å². The van der Waals surface area contributed by atoms with Crippen molar-refractivity contribution in [2.24, 2.45) is 12.5 Å². The molecule has 0 radical (unpaired) electrons. The first-order valence-corrected chi connectivity index (χ1v) is 10.3. The average molecular weight is 374 g/mol.